The van der Waals surface area contributed by atoms with Crippen molar-refractivity contribution in [2.45, 2.75) is 50.8 Å². The van der Waals surface area contributed by atoms with Crippen LogP contribution in [0.5, 0.6) is 11.5 Å². The SMILES string of the molecule is [B]C1(C)CC(C)(C)C(C)(COC(c2ccccc2)(c2ccc(OC)cc2)c2ccc(OC)cc2)O1. The first-order chi connectivity index (χ1) is 16.6. The summed E-state index contributed by atoms with van der Waals surface area (Å²) in [5.74, 6) is 1.58. The Bertz CT molecular complexity index is 1080. The third-order valence-corrected chi connectivity index (χ3v) is 7.42. The minimum Gasteiger partial charge on any atom is -0.497 e. The van der Waals surface area contributed by atoms with Gasteiger partial charge in [0.25, 0.3) is 0 Å². The molecule has 0 aliphatic carbocycles. The van der Waals surface area contributed by atoms with Gasteiger partial charge in [-0.25, -0.2) is 0 Å². The molecule has 2 radical (unpaired) electrons. The van der Waals surface area contributed by atoms with E-state index in [1.807, 2.05) is 49.4 Å². The predicted octanol–water partition coefficient (Wildman–Crippen LogP) is 6.10. The van der Waals surface area contributed by atoms with E-state index in [0.717, 1.165) is 34.6 Å². The van der Waals surface area contributed by atoms with Crippen molar-refractivity contribution < 1.29 is 18.9 Å². The van der Waals surface area contributed by atoms with Gasteiger partial charge in [0, 0.05) is 5.50 Å². The molecule has 2 atom stereocenters. The number of hydrogen-bond donors (Lipinski definition) is 0. The summed E-state index contributed by atoms with van der Waals surface area (Å²) in [7, 11) is 9.80. The second kappa shape index (κ2) is 9.36. The van der Waals surface area contributed by atoms with Gasteiger partial charge in [0.1, 0.15) is 24.9 Å². The molecule has 0 saturated carbocycles. The molecule has 4 nitrogen and oxygen atoms in total. The standard InChI is InChI=1S/C30H35BO4/c1-27(2)20-29(4,31)35-28(27,3)21-34-30(22-10-8-7-9-11-22,23-12-16-25(32-5)17-13-23)24-14-18-26(33-6)19-15-24/h7-19H,20-21H2,1-6H3. The first-order valence-corrected chi connectivity index (χ1v) is 12.0. The van der Waals surface area contributed by atoms with E-state index in [0.29, 0.717) is 6.61 Å². The predicted molar refractivity (Wildman–Crippen MR) is 140 cm³/mol. The molecule has 1 fully saturated rings. The third kappa shape index (κ3) is 4.72. The summed E-state index contributed by atoms with van der Waals surface area (Å²) in [5, 5.41) is 0. The smallest absolute Gasteiger partial charge is 0.143 e. The average Bonchev–Trinajstić information content (AvgIpc) is 3.02. The lowest BCUT2D eigenvalue weighted by atomic mass is 9.69. The monoisotopic (exact) mass is 470 g/mol. The Morgan fingerprint density at radius 2 is 1.20 bits per heavy atom. The molecule has 3 aromatic carbocycles. The molecule has 1 heterocycles. The molecule has 0 amide bonds. The van der Waals surface area contributed by atoms with Crippen molar-refractivity contribution in [2.75, 3.05) is 20.8 Å². The van der Waals surface area contributed by atoms with Crippen molar-refractivity contribution in [1.82, 2.24) is 0 Å². The van der Waals surface area contributed by atoms with E-state index in [4.69, 9.17) is 26.8 Å². The minimum atomic E-state index is -0.893. The van der Waals surface area contributed by atoms with Crippen LogP contribution in [0.25, 0.3) is 0 Å². The molecule has 5 heteroatoms. The van der Waals surface area contributed by atoms with Crippen LogP contribution in [0, 0.1) is 5.41 Å². The van der Waals surface area contributed by atoms with Crippen LogP contribution in [-0.4, -0.2) is 39.8 Å². The molecule has 0 aromatic heterocycles. The van der Waals surface area contributed by atoms with Crippen molar-refractivity contribution in [2.24, 2.45) is 5.41 Å². The maximum atomic E-state index is 7.09. The van der Waals surface area contributed by atoms with Crippen LogP contribution in [0.4, 0.5) is 0 Å². The number of methoxy groups -OCH3 is 2. The van der Waals surface area contributed by atoms with Crippen molar-refractivity contribution >= 4 is 7.85 Å². The zero-order valence-electron chi connectivity index (χ0n) is 21.6. The Hall–Kier alpha value is -2.76. The van der Waals surface area contributed by atoms with E-state index in [1.165, 1.54) is 0 Å². The van der Waals surface area contributed by atoms with Crippen LogP contribution in [0.2, 0.25) is 0 Å². The Morgan fingerprint density at radius 1 is 0.743 bits per heavy atom. The first-order valence-electron chi connectivity index (χ1n) is 12.0. The fraction of sp³-hybridized carbons (Fsp3) is 0.400. The Morgan fingerprint density at radius 3 is 1.60 bits per heavy atom. The summed E-state index contributed by atoms with van der Waals surface area (Å²) < 4.78 is 24.4. The lowest BCUT2D eigenvalue weighted by Gasteiger charge is -2.42. The molecule has 1 aliphatic heterocycles. The Balaban J connectivity index is 1.88. The van der Waals surface area contributed by atoms with E-state index >= 15 is 0 Å². The van der Waals surface area contributed by atoms with E-state index < -0.39 is 16.7 Å². The number of rotatable bonds is 8. The maximum absolute atomic E-state index is 7.09. The van der Waals surface area contributed by atoms with E-state index in [9.17, 15) is 0 Å². The van der Waals surface area contributed by atoms with Gasteiger partial charge in [-0.15, -0.1) is 0 Å². The zero-order chi connectivity index (χ0) is 25.3. The van der Waals surface area contributed by atoms with Gasteiger partial charge in [-0.2, -0.15) is 0 Å². The molecular formula is C30H35BO4. The van der Waals surface area contributed by atoms with Gasteiger partial charge in [-0.3, -0.25) is 0 Å². The second-order valence-electron chi connectivity index (χ2n) is 10.5. The van der Waals surface area contributed by atoms with Gasteiger partial charge in [0.05, 0.1) is 26.4 Å². The van der Waals surface area contributed by atoms with Gasteiger partial charge in [0.2, 0.25) is 0 Å². The van der Waals surface area contributed by atoms with Gasteiger partial charge in [-0.1, -0.05) is 68.4 Å². The molecule has 1 aliphatic rings. The maximum Gasteiger partial charge on any atom is 0.143 e. The number of benzene rings is 3. The molecule has 182 valence electrons. The fourth-order valence-electron chi connectivity index (χ4n) is 5.30. The first kappa shape index (κ1) is 25.3. The summed E-state index contributed by atoms with van der Waals surface area (Å²) in [6.07, 6.45) is 0.739. The van der Waals surface area contributed by atoms with Crippen molar-refractivity contribution in [3.63, 3.8) is 0 Å². The lowest BCUT2D eigenvalue weighted by molar-refractivity contribution is -0.145. The fourth-order valence-corrected chi connectivity index (χ4v) is 5.30. The summed E-state index contributed by atoms with van der Waals surface area (Å²) in [6, 6.07) is 26.4. The number of hydrogen-bond acceptors (Lipinski definition) is 4. The normalized spacial score (nSPS) is 23.7. The van der Waals surface area contributed by atoms with Crippen molar-refractivity contribution in [3.8, 4) is 11.5 Å². The third-order valence-electron chi connectivity index (χ3n) is 7.42. The Kier molecular flexibility index (Phi) is 6.78. The van der Waals surface area contributed by atoms with Crippen LogP contribution >= 0.6 is 0 Å². The molecule has 2 unspecified atom stereocenters. The molecule has 3 aromatic rings. The quantitative estimate of drug-likeness (QED) is 0.294. The molecule has 0 N–H and O–H groups in total. The summed E-state index contributed by atoms with van der Waals surface area (Å²) >= 11 is 0. The highest BCUT2D eigenvalue weighted by Gasteiger charge is 2.55. The summed E-state index contributed by atoms with van der Waals surface area (Å²) in [6.45, 7) is 8.78. The van der Waals surface area contributed by atoms with Gasteiger partial charge in [0.15, 0.2) is 0 Å². The van der Waals surface area contributed by atoms with Crippen LogP contribution in [0.3, 0.4) is 0 Å². The molecule has 0 bridgehead atoms. The van der Waals surface area contributed by atoms with Gasteiger partial charge in [-0.05, 0) is 66.6 Å². The van der Waals surface area contributed by atoms with Crippen molar-refractivity contribution in [1.29, 1.82) is 0 Å². The Labute approximate surface area is 211 Å². The number of ether oxygens (including phenoxy) is 4. The van der Waals surface area contributed by atoms with E-state index in [1.54, 1.807) is 14.2 Å². The summed E-state index contributed by atoms with van der Waals surface area (Å²) in [5.41, 5.74) is 0.626. The molecular weight excluding hydrogens is 435 g/mol. The molecule has 0 spiro atoms. The highest BCUT2D eigenvalue weighted by atomic mass is 16.6. The highest BCUT2D eigenvalue weighted by Crippen LogP contribution is 2.51. The molecule has 35 heavy (non-hydrogen) atoms. The van der Waals surface area contributed by atoms with E-state index in [-0.39, 0.29) is 5.41 Å². The van der Waals surface area contributed by atoms with Crippen LogP contribution in [0.1, 0.15) is 50.8 Å². The van der Waals surface area contributed by atoms with Gasteiger partial charge < -0.3 is 18.9 Å². The second-order valence-corrected chi connectivity index (χ2v) is 10.5. The van der Waals surface area contributed by atoms with Crippen LogP contribution in [0.15, 0.2) is 78.9 Å². The van der Waals surface area contributed by atoms with Crippen LogP contribution in [-0.2, 0) is 15.1 Å². The molecule has 4 rings (SSSR count). The van der Waals surface area contributed by atoms with Crippen LogP contribution < -0.4 is 9.47 Å². The van der Waals surface area contributed by atoms with E-state index in [2.05, 4.69) is 57.2 Å². The highest BCUT2D eigenvalue weighted by molar-refractivity contribution is 6.14. The lowest BCUT2D eigenvalue weighted by Crippen LogP contribution is -2.47. The van der Waals surface area contributed by atoms with Crippen molar-refractivity contribution in [3.05, 3.63) is 95.6 Å². The van der Waals surface area contributed by atoms with Gasteiger partial charge >= 0.3 is 0 Å². The summed E-state index contributed by atoms with van der Waals surface area (Å²) in [4.78, 5) is 0. The largest absolute Gasteiger partial charge is 0.497 e. The average molecular weight is 470 g/mol. The minimum absolute atomic E-state index is 0.182. The zero-order valence-corrected chi connectivity index (χ0v) is 21.6. The molecule has 1 saturated heterocycles. The topological polar surface area (TPSA) is 36.9 Å².